The van der Waals surface area contributed by atoms with Crippen molar-refractivity contribution in [3.63, 3.8) is 0 Å². The van der Waals surface area contributed by atoms with E-state index in [9.17, 15) is 18.0 Å². The molecule has 0 spiro atoms. The Labute approximate surface area is 136 Å². The Kier molecular flexibility index (Phi) is 4.74. The molecule has 0 radical (unpaired) electrons. The monoisotopic (exact) mass is 330 g/mol. The van der Waals surface area contributed by atoms with Crippen molar-refractivity contribution in [3.8, 4) is 17.2 Å². The molecule has 0 heterocycles. The predicted molar refractivity (Wildman–Crippen MR) is 84.6 cm³/mol. The highest BCUT2D eigenvalue weighted by Crippen LogP contribution is 2.33. The summed E-state index contributed by atoms with van der Waals surface area (Å²) in [5.41, 5.74) is 7.15. The zero-order valence-electron chi connectivity index (χ0n) is 12.7. The molecule has 0 fully saturated rings. The lowest BCUT2D eigenvalue weighted by Crippen LogP contribution is -2.05. The molecule has 0 aromatic heterocycles. The van der Waals surface area contributed by atoms with Gasteiger partial charge in [-0.1, -0.05) is 12.1 Å². The second kappa shape index (κ2) is 6.59. The summed E-state index contributed by atoms with van der Waals surface area (Å²) in [6.07, 6.45) is -1.76. The van der Waals surface area contributed by atoms with Crippen molar-refractivity contribution in [1.82, 2.24) is 0 Å². The predicted octanol–water partition coefficient (Wildman–Crippen LogP) is 4.05. The van der Waals surface area contributed by atoms with E-state index in [4.69, 9.17) is 11.0 Å². The summed E-state index contributed by atoms with van der Waals surface area (Å²) in [5, 5.41) is 9.14. The number of amides is 1. The van der Waals surface area contributed by atoms with Crippen LogP contribution in [-0.2, 0) is 11.0 Å². The summed E-state index contributed by atoms with van der Waals surface area (Å²) >= 11 is 0. The maximum absolute atomic E-state index is 12.7. The number of hydrogen-bond donors (Lipinski definition) is 1. The molecule has 0 saturated carbocycles. The molecule has 0 saturated heterocycles. The van der Waals surface area contributed by atoms with Gasteiger partial charge in [0.2, 0.25) is 5.91 Å². The van der Waals surface area contributed by atoms with E-state index in [0.717, 1.165) is 17.7 Å². The van der Waals surface area contributed by atoms with E-state index in [1.165, 1.54) is 24.3 Å². The second-order valence-electron chi connectivity index (χ2n) is 5.16. The summed E-state index contributed by atoms with van der Waals surface area (Å²) in [4.78, 5) is 10.9. The third-order valence-corrected chi connectivity index (χ3v) is 3.53. The van der Waals surface area contributed by atoms with E-state index in [1.807, 2.05) is 6.07 Å². The van der Waals surface area contributed by atoms with Crippen LogP contribution < -0.4 is 5.73 Å². The fraction of sp³-hybridized carbons (Fsp3) is 0.111. The topological polar surface area (TPSA) is 66.9 Å². The summed E-state index contributed by atoms with van der Waals surface area (Å²) < 4.78 is 38.0. The average molecular weight is 330 g/mol. The van der Waals surface area contributed by atoms with Crippen LogP contribution in [0.25, 0.3) is 17.2 Å². The van der Waals surface area contributed by atoms with Crippen LogP contribution in [0.3, 0.4) is 0 Å². The minimum Gasteiger partial charge on any atom is -0.366 e. The van der Waals surface area contributed by atoms with Gasteiger partial charge in [0, 0.05) is 6.08 Å². The molecule has 0 aliphatic rings. The Morgan fingerprint density at radius 2 is 1.83 bits per heavy atom. The summed E-state index contributed by atoms with van der Waals surface area (Å²) in [7, 11) is 0. The van der Waals surface area contributed by atoms with E-state index in [1.54, 1.807) is 19.1 Å². The number of nitrogens with zero attached hydrogens (tertiary/aromatic N) is 1. The van der Waals surface area contributed by atoms with Gasteiger partial charge in [-0.15, -0.1) is 0 Å². The van der Waals surface area contributed by atoms with Gasteiger partial charge in [-0.3, -0.25) is 4.79 Å². The quantitative estimate of drug-likeness (QED) is 0.863. The van der Waals surface area contributed by atoms with Crippen LogP contribution >= 0.6 is 0 Å². The van der Waals surface area contributed by atoms with E-state index < -0.39 is 17.6 Å². The molecular weight excluding hydrogens is 317 g/mol. The molecule has 6 heteroatoms. The van der Waals surface area contributed by atoms with Crippen LogP contribution in [0.1, 0.15) is 22.3 Å². The number of primary amides is 1. The van der Waals surface area contributed by atoms with Crippen molar-refractivity contribution in [2.24, 2.45) is 5.73 Å². The molecule has 0 aliphatic carbocycles. The number of rotatable bonds is 3. The first-order valence-electron chi connectivity index (χ1n) is 6.92. The Balaban J connectivity index is 2.55. The summed E-state index contributed by atoms with van der Waals surface area (Å²) in [6, 6.07) is 9.88. The molecule has 2 aromatic rings. The van der Waals surface area contributed by atoms with Gasteiger partial charge in [-0.2, -0.15) is 18.4 Å². The van der Waals surface area contributed by atoms with Crippen LogP contribution in [0.5, 0.6) is 0 Å². The molecule has 2 aromatic carbocycles. The number of nitriles is 1. The lowest BCUT2D eigenvalue weighted by Gasteiger charge is -2.12. The maximum Gasteiger partial charge on any atom is 0.416 e. The zero-order chi connectivity index (χ0) is 17.9. The van der Waals surface area contributed by atoms with Crippen LogP contribution in [-0.4, -0.2) is 5.91 Å². The Hall–Kier alpha value is -3.07. The molecule has 2 rings (SSSR count). The van der Waals surface area contributed by atoms with E-state index in [0.29, 0.717) is 22.3 Å². The van der Waals surface area contributed by atoms with Gasteiger partial charge in [0.15, 0.2) is 0 Å². The highest BCUT2D eigenvalue weighted by atomic mass is 19.4. The van der Waals surface area contributed by atoms with Crippen molar-refractivity contribution in [2.75, 3.05) is 0 Å². The minimum atomic E-state index is -4.41. The molecule has 0 unspecified atom stereocenters. The lowest BCUT2D eigenvalue weighted by molar-refractivity contribution is -0.137. The van der Waals surface area contributed by atoms with Gasteiger partial charge >= 0.3 is 6.18 Å². The van der Waals surface area contributed by atoms with Crippen LogP contribution in [0.4, 0.5) is 13.2 Å². The van der Waals surface area contributed by atoms with Gasteiger partial charge < -0.3 is 5.73 Å². The summed E-state index contributed by atoms with van der Waals surface area (Å²) in [6.45, 7) is 1.76. The fourth-order valence-electron chi connectivity index (χ4n) is 2.28. The van der Waals surface area contributed by atoms with Crippen LogP contribution in [0.2, 0.25) is 0 Å². The first-order chi connectivity index (χ1) is 11.2. The Morgan fingerprint density at radius 1 is 1.21 bits per heavy atom. The zero-order valence-corrected chi connectivity index (χ0v) is 12.7. The van der Waals surface area contributed by atoms with Gasteiger partial charge in [-0.25, -0.2) is 0 Å². The van der Waals surface area contributed by atoms with Crippen molar-refractivity contribution in [2.45, 2.75) is 13.1 Å². The molecule has 3 nitrogen and oxygen atoms in total. The molecule has 0 bridgehead atoms. The number of alkyl halides is 3. The fourth-order valence-corrected chi connectivity index (χ4v) is 2.28. The molecule has 24 heavy (non-hydrogen) atoms. The normalized spacial score (nSPS) is 11.5. The van der Waals surface area contributed by atoms with E-state index in [-0.39, 0.29) is 0 Å². The second-order valence-corrected chi connectivity index (χ2v) is 5.16. The molecule has 0 aliphatic heterocycles. The van der Waals surface area contributed by atoms with E-state index in [2.05, 4.69) is 0 Å². The minimum absolute atomic E-state index is 0.333. The number of benzene rings is 2. The molecule has 0 atom stereocenters. The Morgan fingerprint density at radius 3 is 2.33 bits per heavy atom. The van der Waals surface area contributed by atoms with Crippen molar-refractivity contribution >= 4 is 12.0 Å². The van der Waals surface area contributed by atoms with Gasteiger partial charge in [0.1, 0.15) is 0 Å². The van der Waals surface area contributed by atoms with Gasteiger partial charge in [0.05, 0.1) is 17.2 Å². The molecule has 2 N–H and O–H groups in total. The van der Waals surface area contributed by atoms with E-state index >= 15 is 0 Å². The lowest BCUT2D eigenvalue weighted by atomic mass is 9.93. The first-order valence-corrected chi connectivity index (χ1v) is 6.92. The molecule has 122 valence electrons. The first kappa shape index (κ1) is 17.3. The number of hydrogen-bond acceptors (Lipinski definition) is 2. The number of nitrogens with two attached hydrogens (primary N) is 1. The number of halogens is 3. The van der Waals surface area contributed by atoms with Crippen LogP contribution in [0.15, 0.2) is 42.5 Å². The highest BCUT2D eigenvalue weighted by molar-refractivity contribution is 5.91. The van der Waals surface area contributed by atoms with Crippen molar-refractivity contribution in [1.29, 1.82) is 5.26 Å². The largest absolute Gasteiger partial charge is 0.416 e. The smallest absolute Gasteiger partial charge is 0.366 e. The standard InChI is InChI=1S/C18H13F3N2O/c1-11-14(4-7-17(23)24)8-12(10-22)9-16(11)13-2-5-15(6-3-13)18(19,20)21/h2-9H,1H3,(H2,23,24)/b7-4+. The third kappa shape index (κ3) is 3.82. The van der Waals surface area contributed by atoms with Crippen LogP contribution in [0, 0.1) is 18.3 Å². The molecule has 1 amide bonds. The van der Waals surface area contributed by atoms with Crippen molar-refractivity contribution < 1.29 is 18.0 Å². The Bertz CT molecular complexity index is 844. The maximum atomic E-state index is 12.7. The van der Waals surface area contributed by atoms with Crippen molar-refractivity contribution in [3.05, 3.63) is 64.7 Å². The summed E-state index contributed by atoms with van der Waals surface area (Å²) in [5.74, 6) is -0.632. The number of carbonyl (C=O) groups excluding carboxylic acids is 1. The highest BCUT2D eigenvalue weighted by Gasteiger charge is 2.30. The average Bonchev–Trinajstić information content (AvgIpc) is 2.53. The number of carbonyl (C=O) groups is 1. The molecular formula is C18H13F3N2O. The van der Waals surface area contributed by atoms with Gasteiger partial charge in [0.25, 0.3) is 0 Å². The van der Waals surface area contributed by atoms with Gasteiger partial charge in [-0.05, 0) is 59.5 Å². The SMILES string of the molecule is Cc1c(/C=C/C(N)=O)cc(C#N)cc1-c1ccc(C(F)(F)F)cc1. The third-order valence-electron chi connectivity index (χ3n) is 3.53.